The molecule has 0 heterocycles. The molecule has 0 aliphatic rings. The van der Waals surface area contributed by atoms with Crippen molar-refractivity contribution in [3.8, 4) is 0 Å². The zero-order valence-corrected chi connectivity index (χ0v) is 11.1. The molecule has 0 spiro atoms. The molecule has 0 saturated heterocycles. The molecular formula is C14H19F2NO2. The van der Waals surface area contributed by atoms with E-state index >= 15 is 0 Å². The van der Waals surface area contributed by atoms with Gasteiger partial charge in [-0.05, 0) is 17.9 Å². The van der Waals surface area contributed by atoms with Crippen LogP contribution in [0.5, 0.6) is 0 Å². The Bertz CT molecular complexity index is 409. The number of carbonyl (C=O) groups excluding carboxylic acids is 1. The third-order valence-corrected chi connectivity index (χ3v) is 2.73. The van der Waals surface area contributed by atoms with Crippen LogP contribution in [0.4, 0.5) is 8.78 Å². The molecule has 5 heteroatoms. The van der Waals surface area contributed by atoms with Crippen molar-refractivity contribution in [1.82, 2.24) is 0 Å². The number of hydrogen-bond donors (Lipinski definition) is 1. The number of carbonyl (C=O) groups is 1. The fourth-order valence-electron chi connectivity index (χ4n) is 1.79. The Morgan fingerprint density at radius 3 is 2.37 bits per heavy atom. The zero-order chi connectivity index (χ0) is 14.5. The van der Waals surface area contributed by atoms with Gasteiger partial charge in [0.15, 0.2) is 5.54 Å². The summed E-state index contributed by atoms with van der Waals surface area (Å²) in [5.74, 6) is -1.18. The summed E-state index contributed by atoms with van der Waals surface area (Å²) in [6.45, 7) is 3.41. The van der Waals surface area contributed by atoms with E-state index in [0.29, 0.717) is 0 Å². The molecule has 1 aromatic carbocycles. The molecule has 1 rings (SSSR count). The molecule has 0 aliphatic carbocycles. The summed E-state index contributed by atoms with van der Waals surface area (Å²) in [4.78, 5) is 11.8. The van der Waals surface area contributed by atoms with Crippen molar-refractivity contribution in [1.29, 1.82) is 0 Å². The van der Waals surface area contributed by atoms with E-state index in [-0.39, 0.29) is 18.9 Å². The van der Waals surface area contributed by atoms with Gasteiger partial charge < -0.3 is 10.5 Å². The second-order valence-corrected chi connectivity index (χ2v) is 5.00. The van der Waals surface area contributed by atoms with Gasteiger partial charge in [-0.3, -0.25) is 0 Å². The Morgan fingerprint density at radius 2 is 1.89 bits per heavy atom. The van der Waals surface area contributed by atoms with Gasteiger partial charge >= 0.3 is 5.97 Å². The lowest BCUT2D eigenvalue weighted by molar-refractivity contribution is -0.159. The molecular weight excluding hydrogens is 252 g/mol. The van der Waals surface area contributed by atoms with E-state index in [1.165, 1.54) is 0 Å². The van der Waals surface area contributed by atoms with Crippen molar-refractivity contribution in [2.24, 2.45) is 11.7 Å². The summed E-state index contributed by atoms with van der Waals surface area (Å²) < 4.78 is 30.9. The Morgan fingerprint density at radius 1 is 1.32 bits per heavy atom. The standard InChI is InChI=1S/C14H19F2NO2/c1-10(2)8-14(17,12(15)16)13(18)19-9-11-6-4-3-5-7-11/h3-7,10,12H,8-9,17H2,1-2H3/t14-/m0/s1. The first-order valence-corrected chi connectivity index (χ1v) is 6.14. The molecule has 0 unspecified atom stereocenters. The predicted molar refractivity (Wildman–Crippen MR) is 68.6 cm³/mol. The summed E-state index contributed by atoms with van der Waals surface area (Å²) in [7, 11) is 0. The molecule has 0 aliphatic heterocycles. The Kier molecular flexibility index (Phi) is 5.42. The number of hydrogen-bond acceptors (Lipinski definition) is 3. The largest absolute Gasteiger partial charge is 0.459 e. The number of rotatable bonds is 6. The number of benzene rings is 1. The summed E-state index contributed by atoms with van der Waals surface area (Å²) in [6.07, 6.45) is -3.06. The Labute approximate surface area is 111 Å². The summed E-state index contributed by atoms with van der Waals surface area (Å²) in [6, 6.07) is 8.86. The van der Waals surface area contributed by atoms with Gasteiger partial charge in [-0.15, -0.1) is 0 Å². The van der Waals surface area contributed by atoms with Crippen molar-refractivity contribution in [3.63, 3.8) is 0 Å². The minimum Gasteiger partial charge on any atom is -0.459 e. The molecule has 3 nitrogen and oxygen atoms in total. The lowest BCUT2D eigenvalue weighted by atomic mass is 9.90. The SMILES string of the molecule is CC(C)C[C@@](N)(C(=O)OCc1ccccc1)C(F)F. The van der Waals surface area contributed by atoms with Crippen LogP contribution in [0.25, 0.3) is 0 Å². The highest BCUT2D eigenvalue weighted by atomic mass is 19.3. The number of halogens is 2. The minimum atomic E-state index is -2.95. The number of nitrogens with two attached hydrogens (primary N) is 1. The average Bonchev–Trinajstić information content (AvgIpc) is 2.36. The molecule has 1 atom stereocenters. The molecule has 2 N–H and O–H groups in total. The van der Waals surface area contributed by atoms with Crippen LogP contribution in [0.1, 0.15) is 25.8 Å². The maximum absolute atomic E-state index is 13.0. The van der Waals surface area contributed by atoms with E-state index in [0.717, 1.165) is 5.56 Å². The number of ether oxygens (including phenoxy) is 1. The average molecular weight is 271 g/mol. The van der Waals surface area contributed by atoms with Crippen LogP contribution >= 0.6 is 0 Å². The molecule has 1 aromatic rings. The Balaban J connectivity index is 2.68. The van der Waals surface area contributed by atoms with E-state index in [4.69, 9.17) is 10.5 Å². The first kappa shape index (κ1) is 15.6. The van der Waals surface area contributed by atoms with E-state index in [2.05, 4.69) is 0 Å². The van der Waals surface area contributed by atoms with Gasteiger partial charge in [-0.2, -0.15) is 0 Å². The monoisotopic (exact) mass is 271 g/mol. The van der Waals surface area contributed by atoms with Crippen LogP contribution in [-0.4, -0.2) is 17.9 Å². The normalized spacial score (nSPS) is 14.5. The number of alkyl halides is 2. The maximum Gasteiger partial charge on any atom is 0.332 e. The van der Waals surface area contributed by atoms with Gasteiger partial charge in [0.25, 0.3) is 6.43 Å². The van der Waals surface area contributed by atoms with E-state index in [1.54, 1.807) is 38.1 Å². The third-order valence-electron chi connectivity index (χ3n) is 2.73. The van der Waals surface area contributed by atoms with Crippen LogP contribution in [0.3, 0.4) is 0 Å². The smallest absolute Gasteiger partial charge is 0.332 e. The highest BCUT2D eigenvalue weighted by Gasteiger charge is 2.45. The molecule has 106 valence electrons. The van der Waals surface area contributed by atoms with Crippen molar-refractivity contribution in [2.45, 2.75) is 38.8 Å². The molecule has 19 heavy (non-hydrogen) atoms. The summed E-state index contributed by atoms with van der Waals surface area (Å²) in [5, 5.41) is 0. The van der Waals surface area contributed by atoms with Crippen molar-refractivity contribution in [2.75, 3.05) is 0 Å². The van der Waals surface area contributed by atoms with Crippen LogP contribution in [0.15, 0.2) is 30.3 Å². The van der Waals surface area contributed by atoms with Gasteiger partial charge in [0.1, 0.15) is 6.61 Å². The van der Waals surface area contributed by atoms with Gasteiger partial charge in [-0.25, -0.2) is 13.6 Å². The van der Waals surface area contributed by atoms with E-state index < -0.39 is 17.9 Å². The van der Waals surface area contributed by atoms with Crippen molar-refractivity contribution in [3.05, 3.63) is 35.9 Å². The molecule has 0 bridgehead atoms. The van der Waals surface area contributed by atoms with Crippen molar-refractivity contribution < 1.29 is 18.3 Å². The quantitative estimate of drug-likeness (QED) is 0.809. The van der Waals surface area contributed by atoms with Gasteiger partial charge in [0.2, 0.25) is 0 Å². The maximum atomic E-state index is 13.0. The first-order valence-electron chi connectivity index (χ1n) is 6.14. The lowest BCUT2D eigenvalue weighted by Gasteiger charge is -2.27. The molecule has 0 aromatic heterocycles. The third kappa shape index (κ3) is 4.28. The van der Waals surface area contributed by atoms with Gasteiger partial charge in [0, 0.05) is 0 Å². The fourth-order valence-corrected chi connectivity index (χ4v) is 1.79. The van der Waals surface area contributed by atoms with Crippen molar-refractivity contribution >= 4 is 5.97 Å². The summed E-state index contributed by atoms with van der Waals surface area (Å²) in [5.41, 5.74) is 4.03. The molecule has 0 radical (unpaired) electrons. The Hall–Kier alpha value is -1.49. The first-order chi connectivity index (χ1) is 8.86. The molecule has 0 saturated carbocycles. The number of esters is 1. The lowest BCUT2D eigenvalue weighted by Crippen LogP contribution is -2.55. The van der Waals surface area contributed by atoms with Crippen LogP contribution < -0.4 is 5.73 Å². The van der Waals surface area contributed by atoms with Crippen LogP contribution in [0, 0.1) is 5.92 Å². The van der Waals surface area contributed by atoms with Crippen LogP contribution in [-0.2, 0) is 16.1 Å². The molecule has 0 fully saturated rings. The summed E-state index contributed by atoms with van der Waals surface area (Å²) >= 11 is 0. The van der Waals surface area contributed by atoms with Crippen LogP contribution in [0.2, 0.25) is 0 Å². The fraction of sp³-hybridized carbons (Fsp3) is 0.500. The van der Waals surface area contributed by atoms with E-state index in [9.17, 15) is 13.6 Å². The second kappa shape index (κ2) is 6.61. The van der Waals surface area contributed by atoms with Gasteiger partial charge in [-0.1, -0.05) is 44.2 Å². The predicted octanol–water partition coefficient (Wildman–Crippen LogP) is 2.74. The van der Waals surface area contributed by atoms with Gasteiger partial charge in [0.05, 0.1) is 0 Å². The minimum absolute atomic E-state index is 0.0521. The zero-order valence-electron chi connectivity index (χ0n) is 11.1. The topological polar surface area (TPSA) is 52.3 Å². The highest BCUT2D eigenvalue weighted by Crippen LogP contribution is 2.24. The molecule has 0 amide bonds. The second-order valence-electron chi connectivity index (χ2n) is 5.00. The van der Waals surface area contributed by atoms with E-state index in [1.807, 2.05) is 6.07 Å². The highest BCUT2D eigenvalue weighted by molar-refractivity contribution is 5.81.